The molecule has 31 heavy (non-hydrogen) atoms. The fourth-order valence-corrected chi connectivity index (χ4v) is 3.59. The normalized spacial score (nSPS) is 17.5. The number of carbonyl (C=O) groups is 2. The predicted molar refractivity (Wildman–Crippen MR) is 109 cm³/mol. The highest BCUT2D eigenvalue weighted by molar-refractivity contribution is 5.96. The molecule has 0 spiro atoms. The van der Waals surface area contributed by atoms with Gasteiger partial charge < -0.3 is 14.1 Å². The Morgan fingerprint density at radius 1 is 1.13 bits per heavy atom. The summed E-state index contributed by atoms with van der Waals surface area (Å²) in [5.41, 5.74) is -0.254. The summed E-state index contributed by atoms with van der Waals surface area (Å²) in [6.07, 6.45) is -3.58. The van der Waals surface area contributed by atoms with Crippen LogP contribution in [0.3, 0.4) is 0 Å². The monoisotopic (exact) mass is 437 g/mol. The summed E-state index contributed by atoms with van der Waals surface area (Å²) in [5, 5.41) is 0. The quantitative estimate of drug-likeness (QED) is 0.544. The maximum atomic E-state index is 13.0. The van der Waals surface area contributed by atoms with E-state index in [-0.39, 0.29) is 18.1 Å². The van der Waals surface area contributed by atoms with Crippen molar-refractivity contribution in [2.75, 3.05) is 13.1 Å². The molecule has 3 rings (SSSR count). The van der Waals surface area contributed by atoms with Gasteiger partial charge in [0.25, 0.3) is 0 Å². The van der Waals surface area contributed by atoms with Crippen LogP contribution >= 0.6 is 0 Å². The third kappa shape index (κ3) is 5.48. The van der Waals surface area contributed by atoms with E-state index < -0.39 is 29.4 Å². The molecule has 1 amide bonds. The van der Waals surface area contributed by atoms with E-state index in [2.05, 4.69) is 0 Å². The number of piperidine rings is 1. The molecule has 0 saturated carbocycles. The van der Waals surface area contributed by atoms with E-state index >= 15 is 0 Å². The van der Waals surface area contributed by atoms with Gasteiger partial charge in [-0.05, 0) is 64.3 Å². The molecule has 0 N–H and O–H groups in total. The Bertz CT molecular complexity index is 955. The van der Waals surface area contributed by atoms with Crippen molar-refractivity contribution in [1.82, 2.24) is 4.90 Å². The summed E-state index contributed by atoms with van der Waals surface area (Å²) in [6.45, 7) is 7.85. The van der Waals surface area contributed by atoms with Crippen LogP contribution in [-0.2, 0) is 10.9 Å². The van der Waals surface area contributed by atoms with E-state index in [1.165, 1.54) is 17.0 Å². The zero-order valence-corrected chi connectivity index (χ0v) is 18.0. The number of alkyl halides is 3. The Balaban J connectivity index is 1.75. The first-order valence-electron chi connectivity index (χ1n) is 10.2. The van der Waals surface area contributed by atoms with Gasteiger partial charge in [0.05, 0.1) is 5.56 Å². The van der Waals surface area contributed by atoms with Crippen LogP contribution in [0.2, 0.25) is 0 Å². The molecular weight excluding hydrogens is 411 g/mol. The summed E-state index contributed by atoms with van der Waals surface area (Å²) in [5.74, 6) is -0.151. The number of ether oxygens (including phenoxy) is 1. The van der Waals surface area contributed by atoms with Crippen LogP contribution in [-0.4, -0.2) is 35.5 Å². The predicted octanol–water partition coefficient (Wildman–Crippen LogP) is 6.10. The Morgan fingerprint density at radius 2 is 1.77 bits per heavy atom. The number of aryl methyl sites for hydroxylation is 1. The van der Waals surface area contributed by atoms with Crippen molar-refractivity contribution in [2.24, 2.45) is 5.92 Å². The van der Waals surface area contributed by atoms with Crippen LogP contribution in [0.1, 0.15) is 55.3 Å². The van der Waals surface area contributed by atoms with Gasteiger partial charge in [-0.3, -0.25) is 4.79 Å². The first kappa shape index (κ1) is 22.9. The third-order valence-electron chi connectivity index (χ3n) is 5.08. The smallest absolute Gasteiger partial charge is 0.416 e. The molecule has 1 aliphatic rings. The molecule has 1 aliphatic heterocycles. The number of nitrogens with zero attached hydrogens (tertiary/aromatic N) is 1. The van der Waals surface area contributed by atoms with Crippen molar-refractivity contribution in [3.05, 3.63) is 47.2 Å². The molecule has 0 aliphatic carbocycles. The van der Waals surface area contributed by atoms with Crippen LogP contribution in [0.4, 0.5) is 18.0 Å². The van der Waals surface area contributed by atoms with Crippen LogP contribution < -0.4 is 0 Å². The molecule has 5 nitrogen and oxygen atoms in total. The van der Waals surface area contributed by atoms with Gasteiger partial charge >= 0.3 is 12.3 Å². The van der Waals surface area contributed by atoms with Gasteiger partial charge in [0.2, 0.25) is 5.78 Å². The van der Waals surface area contributed by atoms with E-state index in [1.807, 2.05) is 0 Å². The van der Waals surface area contributed by atoms with E-state index in [0.717, 1.165) is 12.1 Å². The SMILES string of the molecule is Cc1cc(C(=O)[C@@H]2CCCN(C(=O)OC(C)(C)C)C2)oc1-c1ccc(C(F)(F)F)cc1. The molecule has 8 heteroatoms. The minimum atomic E-state index is -4.42. The molecule has 168 valence electrons. The molecular formula is C23H26F3NO4. The second kappa shape index (κ2) is 8.40. The van der Waals surface area contributed by atoms with Gasteiger partial charge in [-0.1, -0.05) is 12.1 Å². The summed E-state index contributed by atoms with van der Waals surface area (Å²) in [7, 11) is 0. The van der Waals surface area contributed by atoms with Gasteiger partial charge in [0.1, 0.15) is 11.4 Å². The number of furan rings is 1. The zero-order valence-electron chi connectivity index (χ0n) is 18.0. The number of ketones is 1. The summed E-state index contributed by atoms with van der Waals surface area (Å²) < 4.78 is 49.5. The number of benzene rings is 1. The highest BCUT2D eigenvalue weighted by atomic mass is 19.4. The number of Topliss-reactive ketones (excluding diaryl/α,β-unsaturated/α-hetero) is 1. The van der Waals surface area contributed by atoms with Gasteiger partial charge in [0.15, 0.2) is 5.76 Å². The number of rotatable bonds is 3. The van der Waals surface area contributed by atoms with E-state index in [1.54, 1.807) is 33.8 Å². The van der Waals surface area contributed by atoms with Crippen molar-refractivity contribution < 1.29 is 31.9 Å². The van der Waals surface area contributed by atoms with E-state index in [4.69, 9.17) is 9.15 Å². The lowest BCUT2D eigenvalue weighted by Crippen LogP contribution is -2.44. The van der Waals surface area contributed by atoms with Crippen LogP contribution in [0.15, 0.2) is 34.7 Å². The molecule has 0 radical (unpaired) electrons. The molecule has 1 fully saturated rings. The van der Waals surface area contributed by atoms with Crippen LogP contribution in [0, 0.1) is 12.8 Å². The molecule has 1 atom stereocenters. The first-order valence-corrected chi connectivity index (χ1v) is 10.2. The van der Waals surface area contributed by atoms with Crippen molar-refractivity contribution in [3.8, 4) is 11.3 Å². The molecule has 0 bridgehead atoms. The second-order valence-corrected chi connectivity index (χ2v) is 8.83. The fraction of sp³-hybridized carbons (Fsp3) is 0.478. The van der Waals surface area contributed by atoms with Crippen LogP contribution in [0.5, 0.6) is 0 Å². The largest absolute Gasteiger partial charge is 0.453 e. The molecule has 1 saturated heterocycles. The maximum absolute atomic E-state index is 13.0. The lowest BCUT2D eigenvalue weighted by molar-refractivity contribution is -0.137. The summed E-state index contributed by atoms with van der Waals surface area (Å²) >= 11 is 0. The van der Waals surface area contributed by atoms with Crippen molar-refractivity contribution in [1.29, 1.82) is 0 Å². The number of halogens is 3. The number of likely N-dealkylation sites (tertiary alicyclic amines) is 1. The topological polar surface area (TPSA) is 59.8 Å². The van der Waals surface area contributed by atoms with Gasteiger partial charge in [-0.25, -0.2) is 4.79 Å². The molecule has 1 aromatic carbocycles. The third-order valence-corrected chi connectivity index (χ3v) is 5.08. The Kier molecular flexibility index (Phi) is 6.21. The Labute approximate surface area is 179 Å². The first-order chi connectivity index (χ1) is 14.3. The number of amides is 1. The summed E-state index contributed by atoms with van der Waals surface area (Å²) in [6, 6.07) is 6.22. The van der Waals surface area contributed by atoms with Crippen molar-refractivity contribution in [3.63, 3.8) is 0 Å². The molecule has 1 aromatic heterocycles. The lowest BCUT2D eigenvalue weighted by Gasteiger charge is -2.33. The standard InChI is InChI=1S/C23H26F3NO4/c1-14-12-18(30-20(14)15-7-9-17(10-8-15)23(24,25)26)19(28)16-6-5-11-27(13-16)21(29)31-22(2,3)4/h7-10,12,16H,5-6,11,13H2,1-4H3/t16-/m1/s1. The maximum Gasteiger partial charge on any atom is 0.416 e. The van der Waals surface area contributed by atoms with Crippen LogP contribution in [0.25, 0.3) is 11.3 Å². The molecule has 0 unspecified atom stereocenters. The lowest BCUT2D eigenvalue weighted by atomic mass is 9.92. The van der Waals surface area contributed by atoms with Gasteiger partial charge in [-0.2, -0.15) is 13.2 Å². The number of hydrogen-bond acceptors (Lipinski definition) is 4. The molecule has 2 aromatic rings. The average Bonchev–Trinajstić information content (AvgIpc) is 3.07. The number of hydrogen-bond donors (Lipinski definition) is 0. The van der Waals surface area contributed by atoms with E-state index in [9.17, 15) is 22.8 Å². The highest BCUT2D eigenvalue weighted by Crippen LogP contribution is 2.33. The fourth-order valence-electron chi connectivity index (χ4n) is 3.59. The zero-order chi connectivity index (χ0) is 23.0. The average molecular weight is 437 g/mol. The minimum Gasteiger partial charge on any atom is -0.453 e. The minimum absolute atomic E-state index is 0.142. The van der Waals surface area contributed by atoms with Crippen molar-refractivity contribution in [2.45, 2.75) is 52.3 Å². The van der Waals surface area contributed by atoms with E-state index in [0.29, 0.717) is 36.3 Å². The second-order valence-electron chi connectivity index (χ2n) is 8.83. The molecule has 2 heterocycles. The van der Waals surface area contributed by atoms with Gasteiger partial charge in [-0.15, -0.1) is 0 Å². The summed E-state index contributed by atoms with van der Waals surface area (Å²) in [4.78, 5) is 26.9. The Hall–Kier alpha value is -2.77. The highest BCUT2D eigenvalue weighted by Gasteiger charge is 2.33. The van der Waals surface area contributed by atoms with Crippen molar-refractivity contribution >= 4 is 11.9 Å². The van der Waals surface area contributed by atoms with Gasteiger partial charge in [0, 0.05) is 24.6 Å². The number of carbonyl (C=O) groups excluding carboxylic acids is 2. The Morgan fingerprint density at radius 3 is 2.35 bits per heavy atom.